The summed E-state index contributed by atoms with van der Waals surface area (Å²) in [5.74, 6) is -0.654. The number of aromatic nitrogens is 1. The summed E-state index contributed by atoms with van der Waals surface area (Å²) in [4.78, 5) is 37.1. The van der Waals surface area contributed by atoms with Gasteiger partial charge in [-0.15, -0.1) is 0 Å². The van der Waals surface area contributed by atoms with Crippen molar-refractivity contribution < 1.29 is 32.2 Å². The minimum absolute atomic E-state index is 0.0189. The van der Waals surface area contributed by atoms with Crippen LogP contribution in [-0.4, -0.2) is 23.2 Å². The molecule has 1 aromatic heterocycles. The van der Waals surface area contributed by atoms with E-state index in [0.29, 0.717) is 11.1 Å². The molecule has 0 saturated heterocycles. The summed E-state index contributed by atoms with van der Waals surface area (Å²) >= 11 is 0. The highest BCUT2D eigenvalue weighted by Crippen LogP contribution is 2.29. The standard InChI is InChI=1S/C25H23F3N2O5/c1-2-34-22(31)15-30-14-19(12-17-8-10-20(11-9-17)25(26,27)28)13-21(23(30)32)29-24(33)35-16-18-6-4-3-5-7-18/h3-11,13-14H,2,12,15-16H2,1H3,(H,29,33). The van der Waals surface area contributed by atoms with Crippen LogP contribution in [0.5, 0.6) is 0 Å². The average molecular weight is 488 g/mol. The summed E-state index contributed by atoms with van der Waals surface area (Å²) in [6.45, 7) is 1.32. The third kappa shape index (κ3) is 7.46. The number of pyridine rings is 1. The number of hydrogen-bond acceptors (Lipinski definition) is 5. The summed E-state index contributed by atoms with van der Waals surface area (Å²) in [5.41, 5.74) is 0.182. The normalized spacial score (nSPS) is 11.1. The van der Waals surface area contributed by atoms with Crippen LogP contribution in [0, 0.1) is 0 Å². The van der Waals surface area contributed by atoms with E-state index in [9.17, 15) is 27.6 Å². The van der Waals surface area contributed by atoms with E-state index in [1.54, 1.807) is 31.2 Å². The zero-order valence-electron chi connectivity index (χ0n) is 18.8. The molecule has 10 heteroatoms. The van der Waals surface area contributed by atoms with Gasteiger partial charge < -0.3 is 14.0 Å². The number of nitrogens with one attached hydrogen (secondary N) is 1. The maximum absolute atomic E-state index is 12.8. The fourth-order valence-electron chi connectivity index (χ4n) is 3.26. The van der Waals surface area contributed by atoms with Crippen LogP contribution in [0.4, 0.5) is 23.7 Å². The Bertz CT molecular complexity index is 1220. The number of rotatable bonds is 8. The first-order chi connectivity index (χ1) is 16.7. The second-order valence-electron chi connectivity index (χ2n) is 7.56. The third-order valence-electron chi connectivity index (χ3n) is 4.89. The Balaban J connectivity index is 1.83. The lowest BCUT2D eigenvalue weighted by atomic mass is 10.0. The molecule has 0 aliphatic heterocycles. The molecule has 0 bridgehead atoms. The lowest BCUT2D eigenvalue weighted by molar-refractivity contribution is -0.144. The van der Waals surface area contributed by atoms with Crippen LogP contribution in [0.25, 0.3) is 0 Å². The molecule has 0 saturated carbocycles. The summed E-state index contributed by atoms with van der Waals surface area (Å²) in [6, 6.07) is 14.9. The topological polar surface area (TPSA) is 86.6 Å². The highest BCUT2D eigenvalue weighted by Gasteiger charge is 2.29. The molecule has 3 rings (SSSR count). The van der Waals surface area contributed by atoms with Gasteiger partial charge in [0.05, 0.1) is 12.2 Å². The van der Waals surface area contributed by atoms with Gasteiger partial charge in [-0.25, -0.2) is 4.79 Å². The van der Waals surface area contributed by atoms with Gasteiger partial charge in [-0.3, -0.25) is 14.9 Å². The molecule has 0 atom stereocenters. The van der Waals surface area contributed by atoms with Gasteiger partial charge in [-0.1, -0.05) is 42.5 Å². The minimum atomic E-state index is -4.46. The molecule has 1 amide bonds. The Morgan fingerprint density at radius 1 is 0.943 bits per heavy atom. The number of nitrogens with zero attached hydrogens (tertiary/aromatic N) is 1. The van der Waals surface area contributed by atoms with Gasteiger partial charge in [0.15, 0.2) is 0 Å². The van der Waals surface area contributed by atoms with Crippen molar-refractivity contribution in [2.24, 2.45) is 0 Å². The van der Waals surface area contributed by atoms with Crippen molar-refractivity contribution in [2.75, 3.05) is 11.9 Å². The first-order valence-electron chi connectivity index (χ1n) is 10.7. The van der Waals surface area contributed by atoms with Crippen LogP contribution in [0.3, 0.4) is 0 Å². The number of halogens is 3. The maximum atomic E-state index is 12.8. The van der Waals surface area contributed by atoms with Crippen molar-refractivity contribution in [3.05, 3.63) is 99.5 Å². The molecule has 0 radical (unpaired) electrons. The molecule has 1 heterocycles. The highest BCUT2D eigenvalue weighted by atomic mass is 19.4. The molecule has 3 aromatic rings. The van der Waals surface area contributed by atoms with Crippen molar-refractivity contribution in [3.63, 3.8) is 0 Å². The lowest BCUT2D eigenvalue weighted by Crippen LogP contribution is -2.29. The second-order valence-corrected chi connectivity index (χ2v) is 7.56. The number of hydrogen-bond donors (Lipinski definition) is 1. The molecule has 7 nitrogen and oxygen atoms in total. The molecule has 1 N–H and O–H groups in total. The molecule has 0 fully saturated rings. The molecule has 0 spiro atoms. The molecule has 184 valence electrons. The van der Waals surface area contributed by atoms with Gasteiger partial charge in [0, 0.05) is 6.20 Å². The van der Waals surface area contributed by atoms with Crippen LogP contribution >= 0.6 is 0 Å². The summed E-state index contributed by atoms with van der Waals surface area (Å²) in [7, 11) is 0. The third-order valence-corrected chi connectivity index (χ3v) is 4.89. The highest BCUT2D eigenvalue weighted by molar-refractivity contribution is 5.84. The first kappa shape index (κ1) is 25.5. The molecule has 0 unspecified atom stereocenters. The van der Waals surface area contributed by atoms with E-state index in [-0.39, 0.29) is 25.3 Å². The quantitative estimate of drug-likeness (QED) is 0.462. The van der Waals surface area contributed by atoms with Gasteiger partial charge in [0.25, 0.3) is 5.56 Å². The van der Waals surface area contributed by atoms with E-state index in [4.69, 9.17) is 9.47 Å². The zero-order valence-corrected chi connectivity index (χ0v) is 18.8. The Hall–Kier alpha value is -4.08. The van der Waals surface area contributed by atoms with Gasteiger partial charge in [-0.2, -0.15) is 13.2 Å². The van der Waals surface area contributed by atoms with Gasteiger partial charge in [0.1, 0.15) is 18.8 Å². The SMILES string of the molecule is CCOC(=O)Cn1cc(Cc2ccc(C(F)(F)F)cc2)cc(NC(=O)OCc2ccccc2)c1=O. The smallest absolute Gasteiger partial charge is 0.416 e. The summed E-state index contributed by atoms with van der Waals surface area (Å²) in [5, 5.41) is 2.39. The average Bonchev–Trinajstić information content (AvgIpc) is 2.81. The number of esters is 1. The molecular formula is C25H23F3N2O5. The molecule has 35 heavy (non-hydrogen) atoms. The van der Waals surface area contributed by atoms with E-state index in [1.165, 1.54) is 24.4 Å². The van der Waals surface area contributed by atoms with E-state index in [0.717, 1.165) is 22.3 Å². The fraction of sp³-hybridized carbons (Fsp3) is 0.240. The van der Waals surface area contributed by atoms with Crippen LogP contribution in [0.1, 0.15) is 29.2 Å². The summed E-state index contributed by atoms with van der Waals surface area (Å²) in [6.07, 6.45) is -3.78. The zero-order chi connectivity index (χ0) is 25.4. The van der Waals surface area contributed by atoms with Crippen molar-refractivity contribution in [2.45, 2.75) is 32.7 Å². The number of anilines is 1. The van der Waals surface area contributed by atoms with Crippen molar-refractivity contribution in [1.82, 2.24) is 4.57 Å². The van der Waals surface area contributed by atoms with Crippen molar-refractivity contribution in [1.29, 1.82) is 0 Å². The van der Waals surface area contributed by atoms with E-state index in [2.05, 4.69) is 5.32 Å². The minimum Gasteiger partial charge on any atom is -0.465 e. The van der Waals surface area contributed by atoms with Crippen molar-refractivity contribution >= 4 is 17.7 Å². The monoisotopic (exact) mass is 488 g/mol. The van der Waals surface area contributed by atoms with Gasteiger partial charge in [0.2, 0.25) is 0 Å². The number of carbonyl (C=O) groups is 2. The number of alkyl halides is 3. The molecule has 0 aliphatic rings. The number of ether oxygens (including phenoxy) is 2. The predicted octanol–water partition coefficient (Wildman–Crippen LogP) is 4.77. The second kappa shape index (κ2) is 11.4. The van der Waals surface area contributed by atoms with E-state index in [1.807, 2.05) is 6.07 Å². The fourth-order valence-corrected chi connectivity index (χ4v) is 3.26. The lowest BCUT2D eigenvalue weighted by Gasteiger charge is -2.13. The van der Waals surface area contributed by atoms with Gasteiger partial charge >= 0.3 is 18.2 Å². The van der Waals surface area contributed by atoms with Crippen molar-refractivity contribution in [3.8, 4) is 0 Å². The molecular weight excluding hydrogens is 465 g/mol. The largest absolute Gasteiger partial charge is 0.465 e. The Kier molecular flexibility index (Phi) is 8.30. The molecule has 0 aliphatic carbocycles. The summed E-state index contributed by atoms with van der Waals surface area (Å²) < 4.78 is 49.6. The Morgan fingerprint density at radius 2 is 1.63 bits per heavy atom. The number of amides is 1. The maximum Gasteiger partial charge on any atom is 0.416 e. The van der Waals surface area contributed by atoms with E-state index < -0.39 is 35.9 Å². The number of carbonyl (C=O) groups excluding carboxylic acids is 2. The Labute approximate surface area is 199 Å². The van der Waals surface area contributed by atoms with Gasteiger partial charge in [-0.05, 0) is 48.2 Å². The van der Waals surface area contributed by atoms with Crippen LogP contribution in [-0.2, 0) is 40.0 Å². The van der Waals surface area contributed by atoms with Crippen LogP contribution in [0.2, 0.25) is 0 Å². The Morgan fingerprint density at radius 3 is 2.26 bits per heavy atom. The first-order valence-corrected chi connectivity index (χ1v) is 10.7. The molecule has 2 aromatic carbocycles. The van der Waals surface area contributed by atoms with Crippen LogP contribution in [0.15, 0.2) is 71.7 Å². The van der Waals surface area contributed by atoms with E-state index >= 15 is 0 Å². The number of benzene rings is 2. The van der Waals surface area contributed by atoms with Crippen LogP contribution < -0.4 is 10.9 Å². The predicted molar refractivity (Wildman–Crippen MR) is 122 cm³/mol.